The Hall–Kier alpha value is -3.90. The lowest BCUT2D eigenvalue weighted by atomic mass is 9.57. The number of carbonyl (C=O) groups excluding carboxylic acids is 3. The molecule has 0 aliphatic heterocycles. The average molecular weight is 617 g/mol. The number of hydrogen-bond acceptors (Lipinski definition) is 11. The molecule has 232 valence electrons. The van der Waals surface area contributed by atoms with Crippen LogP contribution in [0, 0.1) is 23.7 Å². The fourth-order valence-electron chi connectivity index (χ4n) is 6.23. The Kier molecular flexibility index (Phi) is 8.18. The summed E-state index contributed by atoms with van der Waals surface area (Å²) in [5.41, 5.74) is 2.45. The molecule has 1 aromatic carbocycles. The number of nitrogens with one attached hydrogen (secondary N) is 1. The molecule has 43 heavy (non-hydrogen) atoms. The number of sulfonamides is 1. The highest BCUT2D eigenvalue weighted by molar-refractivity contribution is 7.90. The minimum atomic E-state index is -3.58. The number of fused-ring (bicyclic) bond motifs is 3. The molecule has 3 aliphatic rings. The lowest BCUT2D eigenvalue weighted by Crippen LogP contribution is -2.65. The summed E-state index contributed by atoms with van der Waals surface area (Å²) in [6.07, 6.45) is 0.0917. The van der Waals surface area contributed by atoms with Crippen LogP contribution < -0.4 is 15.4 Å². The topological polar surface area (TPSA) is 211 Å². The summed E-state index contributed by atoms with van der Waals surface area (Å²) < 4.78 is 26.4. The van der Waals surface area contributed by atoms with Gasteiger partial charge in [0.15, 0.2) is 11.4 Å². The van der Waals surface area contributed by atoms with E-state index in [9.17, 15) is 43.2 Å². The number of benzene rings is 1. The van der Waals surface area contributed by atoms with Crippen molar-refractivity contribution in [3.05, 3.63) is 39.7 Å². The summed E-state index contributed by atoms with van der Waals surface area (Å²) in [6.45, 7) is 2.79. The smallest absolute Gasteiger partial charge is 0.255 e. The number of primary amides is 1. The van der Waals surface area contributed by atoms with Gasteiger partial charge in [-0.25, -0.2) is 13.1 Å². The Balaban J connectivity index is 1.90. The van der Waals surface area contributed by atoms with Gasteiger partial charge < -0.3 is 31.1 Å². The molecule has 14 heteroatoms. The number of aliphatic hydroxyl groups excluding tert-OH is 2. The van der Waals surface area contributed by atoms with Crippen molar-refractivity contribution in [1.82, 2.24) is 9.62 Å². The quantitative estimate of drug-likeness (QED) is 0.181. The van der Waals surface area contributed by atoms with Crippen molar-refractivity contribution in [3.8, 4) is 17.6 Å². The lowest BCUT2D eigenvalue weighted by molar-refractivity contribution is -0.153. The zero-order valence-electron chi connectivity index (χ0n) is 24.7. The van der Waals surface area contributed by atoms with Crippen molar-refractivity contribution < 1.29 is 43.2 Å². The molecular weight excluding hydrogens is 580 g/mol. The normalized spacial score (nSPS) is 25.3. The number of likely N-dealkylation sites (N-methyl/N-ethyl adjacent to an activating group) is 1. The monoisotopic (exact) mass is 616 g/mol. The maximum Gasteiger partial charge on any atom is 0.255 e. The highest BCUT2D eigenvalue weighted by atomic mass is 32.2. The molecule has 0 bridgehead atoms. The van der Waals surface area contributed by atoms with Gasteiger partial charge in [-0.05, 0) is 58.3 Å². The summed E-state index contributed by atoms with van der Waals surface area (Å²) >= 11 is 0. The van der Waals surface area contributed by atoms with Crippen molar-refractivity contribution in [2.75, 3.05) is 39.6 Å². The highest BCUT2D eigenvalue weighted by Crippen LogP contribution is 2.54. The van der Waals surface area contributed by atoms with Crippen LogP contribution in [0.1, 0.15) is 37.0 Å². The summed E-state index contributed by atoms with van der Waals surface area (Å²) in [6, 6.07) is 0.405. The van der Waals surface area contributed by atoms with Crippen LogP contribution in [0.15, 0.2) is 23.0 Å². The Morgan fingerprint density at radius 2 is 1.81 bits per heavy atom. The van der Waals surface area contributed by atoms with Crippen LogP contribution in [-0.4, -0.2) is 103 Å². The first-order valence-corrected chi connectivity index (χ1v) is 15.1. The molecule has 1 fully saturated rings. The van der Waals surface area contributed by atoms with Crippen molar-refractivity contribution >= 4 is 38.9 Å². The molecule has 4 rings (SSSR count). The third-order valence-electron chi connectivity index (χ3n) is 8.38. The molecule has 0 saturated heterocycles. The second-order valence-electron chi connectivity index (χ2n) is 11.7. The van der Waals surface area contributed by atoms with Crippen LogP contribution in [0.4, 0.5) is 5.69 Å². The van der Waals surface area contributed by atoms with E-state index in [1.54, 1.807) is 25.1 Å². The number of phenols is 1. The third kappa shape index (κ3) is 4.96. The van der Waals surface area contributed by atoms with Gasteiger partial charge in [0.25, 0.3) is 5.91 Å². The van der Waals surface area contributed by atoms with Gasteiger partial charge in [0.2, 0.25) is 15.8 Å². The third-order valence-corrected chi connectivity index (χ3v) is 10.2. The molecule has 0 heterocycles. The number of hydrogen-bond donors (Lipinski definition) is 6. The molecular formula is C29H36N4O9S. The molecule has 0 aromatic heterocycles. The van der Waals surface area contributed by atoms with Crippen LogP contribution in [0.5, 0.6) is 5.75 Å². The molecule has 1 amide bonds. The number of rotatable bonds is 6. The van der Waals surface area contributed by atoms with Crippen molar-refractivity contribution in [2.45, 2.75) is 43.6 Å². The van der Waals surface area contributed by atoms with Gasteiger partial charge in [-0.15, -0.1) is 0 Å². The first-order chi connectivity index (χ1) is 19.9. The van der Waals surface area contributed by atoms with Crippen LogP contribution in [0.25, 0.3) is 5.76 Å². The number of anilines is 1. The zero-order chi connectivity index (χ0) is 32.3. The first-order valence-electron chi connectivity index (χ1n) is 13.6. The number of amides is 1. The number of phenolic OH excluding ortho intramolecular Hbond substituents is 1. The predicted molar refractivity (Wildman–Crippen MR) is 158 cm³/mol. The summed E-state index contributed by atoms with van der Waals surface area (Å²) in [5, 5.41) is 44.9. The fraction of sp³-hybridized carbons (Fsp3) is 0.483. The zero-order valence-corrected chi connectivity index (χ0v) is 25.5. The predicted octanol–water partition coefficient (Wildman–Crippen LogP) is -0.291. The number of aliphatic hydroxyl groups is 3. The van der Waals surface area contributed by atoms with Gasteiger partial charge in [-0.2, -0.15) is 0 Å². The molecule has 13 nitrogen and oxygen atoms in total. The minimum absolute atomic E-state index is 0.0308. The largest absolute Gasteiger partial charge is 0.508 e. The molecule has 0 spiro atoms. The number of carbonyl (C=O) groups is 3. The van der Waals surface area contributed by atoms with E-state index in [2.05, 4.69) is 16.6 Å². The molecule has 3 aliphatic carbocycles. The van der Waals surface area contributed by atoms with Gasteiger partial charge in [-0.3, -0.25) is 19.3 Å². The van der Waals surface area contributed by atoms with E-state index in [-0.39, 0.29) is 36.1 Å². The van der Waals surface area contributed by atoms with Gasteiger partial charge in [0.05, 0.1) is 29.0 Å². The second kappa shape index (κ2) is 11.0. The summed E-state index contributed by atoms with van der Waals surface area (Å²) in [4.78, 5) is 42.6. The van der Waals surface area contributed by atoms with Gasteiger partial charge in [0, 0.05) is 31.3 Å². The highest BCUT2D eigenvalue weighted by Gasteiger charge is 2.64. The maximum absolute atomic E-state index is 14.0. The van der Waals surface area contributed by atoms with Crippen LogP contribution in [-0.2, 0) is 30.8 Å². The molecule has 1 aromatic rings. The Morgan fingerprint density at radius 3 is 2.35 bits per heavy atom. The van der Waals surface area contributed by atoms with E-state index in [4.69, 9.17) is 5.73 Å². The maximum atomic E-state index is 14.0. The Morgan fingerprint density at radius 1 is 1.19 bits per heavy atom. The summed E-state index contributed by atoms with van der Waals surface area (Å²) in [7, 11) is 2.96. The van der Waals surface area contributed by atoms with Crippen molar-refractivity contribution in [1.29, 1.82) is 0 Å². The Labute approximate surface area is 249 Å². The number of ketones is 2. The van der Waals surface area contributed by atoms with Crippen LogP contribution in [0.3, 0.4) is 0 Å². The van der Waals surface area contributed by atoms with Crippen LogP contribution in [0.2, 0.25) is 0 Å². The molecule has 0 radical (unpaired) electrons. The van der Waals surface area contributed by atoms with E-state index in [1.807, 2.05) is 0 Å². The minimum Gasteiger partial charge on any atom is -0.508 e. The second-order valence-corrected chi connectivity index (χ2v) is 14.0. The van der Waals surface area contributed by atoms with Crippen LogP contribution >= 0.6 is 0 Å². The SMILES string of the molecule is CC(C)S(=O)(=O)NCC#Cc1cc(N(C)C)c2c(c1O)C(O)=C1C(=O)[C@]3(O)C(O)=C(C(N)=O)C(=O)[C@@H](N(C)C)[C@@H]3C[C@@H]1C2. The first kappa shape index (κ1) is 32.0. The average Bonchev–Trinajstić information content (AvgIpc) is 2.89. The number of Topliss-reactive ketones (excluding diaryl/α,β-unsaturated/α-hetero) is 2. The molecule has 1 saturated carbocycles. The molecule has 4 atom stereocenters. The van der Waals surface area contributed by atoms with Gasteiger partial charge in [-0.1, -0.05) is 11.8 Å². The summed E-state index contributed by atoms with van der Waals surface area (Å²) in [5.74, 6) is -2.05. The standard InChI is InChI=1S/C29H36N4O9S/c1-13(2)43(41,42)31-9-7-8-14-12-18(32(3)4)16-10-15-11-17-22(33(5)6)25(36)21(28(30)39)27(38)29(17,40)26(37)19(15)24(35)20(16)23(14)34/h12-13,15,17,22,31,34-35,38,40H,9-11H2,1-6H3,(H2,30,39)/t15-,17-,22-,29-/m0/s1. The number of nitrogens with zero attached hydrogens (tertiary/aromatic N) is 2. The van der Waals surface area contributed by atoms with E-state index in [0.717, 1.165) is 0 Å². The number of nitrogens with two attached hydrogens (primary N) is 1. The number of aromatic hydroxyl groups is 1. The fourth-order valence-corrected chi connectivity index (χ4v) is 6.84. The van der Waals surface area contributed by atoms with Gasteiger partial charge in [0.1, 0.15) is 22.8 Å². The van der Waals surface area contributed by atoms with E-state index in [1.165, 1.54) is 32.8 Å². The lowest BCUT2D eigenvalue weighted by Gasteiger charge is -2.50. The molecule has 0 unspecified atom stereocenters. The van der Waals surface area contributed by atoms with Gasteiger partial charge >= 0.3 is 0 Å². The van der Waals surface area contributed by atoms with Crippen molar-refractivity contribution in [2.24, 2.45) is 17.6 Å². The Bertz CT molecular complexity index is 1660. The van der Waals surface area contributed by atoms with E-state index < -0.39 is 79.1 Å². The van der Waals surface area contributed by atoms with Crippen molar-refractivity contribution in [3.63, 3.8) is 0 Å². The molecule has 7 N–H and O–H groups in total. The van der Waals surface area contributed by atoms with E-state index in [0.29, 0.717) is 11.3 Å². The van der Waals surface area contributed by atoms with E-state index >= 15 is 0 Å².